The number of anilines is 2. The Morgan fingerprint density at radius 3 is 2.68 bits per heavy atom. The number of nitrogens with zero attached hydrogens (tertiary/aromatic N) is 3. The van der Waals surface area contributed by atoms with Gasteiger partial charge in [-0.05, 0) is 37.1 Å². The summed E-state index contributed by atoms with van der Waals surface area (Å²) in [6.07, 6.45) is 5.47. The highest BCUT2D eigenvalue weighted by atomic mass is 16.3. The number of nitrogens with one attached hydrogen (secondary N) is 2. The van der Waals surface area contributed by atoms with Gasteiger partial charge in [-0.2, -0.15) is 5.26 Å². The molecule has 1 saturated carbocycles. The Labute approximate surface area is 145 Å². The molecule has 1 aromatic heterocycles. The summed E-state index contributed by atoms with van der Waals surface area (Å²) in [6.45, 7) is 0.553. The number of amides is 1. The average Bonchev–Trinajstić information content (AvgIpc) is 3.05. The molecule has 1 heterocycles. The van der Waals surface area contributed by atoms with E-state index in [1.807, 2.05) is 6.07 Å². The molecular weight excluding hydrogens is 318 g/mol. The number of nitriles is 1. The number of hydrogen-bond acceptors (Lipinski definition) is 6. The molecule has 25 heavy (non-hydrogen) atoms. The third-order valence-corrected chi connectivity index (χ3v) is 4.34. The number of carbonyl (C=O) groups excluding carboxylic acids is 1. The molecule has 0 spiro atoms. The van der Waals surface area contributed by atoms with Crippen LogP contribution in [0.4, 0.5) is 11.5 Å². The van der Waals surface area contributed by atoms with E-state index in [1.54, 1.807) is 24.3 Å². The molecule has 7 nitrogen and oxygen atoms in total. The Hall–Kier alpha value is -2.98. The summed E-state index contributed by atoms with van der Waals surface area (Å²) in [6, 6.07) is 8.62. The van der Waals surface area contributed by atoms with Crippen molar-refractivity contribution in [2.24, 2.45) is 5.92 Å². The Balaban J connectivity index is 1.68. The summed E-state index contributed by atoms with van der Waals surface area (Å²) in [5.74, 6) is 0.177. The van der Waals surface area contributed by atoms with Gasteiger partial charge in [0.1, 0.15) is 0 Å². The van der Waals surface area contributed by atoms with Gasteiger partial charge in [0.25, 0.3) is 5.91 Å². The predicted molar refractivity (Wildman–Crippen MR) is 93.0 cm³/mol. The van der Waals surface area contributed by atoms with Crippen LogP contribution in [0.3, 0.4) is 0 Å². The highest BCUT2D eigenvalue weighted by Gasteiger charge is 2.25. The van der Waals surface area contributed by atoms with Crippen LogP contribution >= 0.6 is 0 Å². The van der Waals surface area contributed by atoms with Crippen LogP contribution < -0.4 is 10.6 Å². The van der Waals surface area contributed by atoms with Crippen LogP contribution in [0.1, 0.15) is 35.3 Å². The van der Waals surface area contributed by atoms with Crippen LogP contribution in [0.25, 0.3) is 0 Å². The van der Waals surface area contributed by atoms with E-state index >= 15 is 0 Å². The van der Waals surface area contributed by atoms with Gasteiger partial charge in [-0.25, -0.2) is 9.97 Å². The molecule has 2 atom stereocenters. The lowest BCUT2D eigenvalue weighted by Gasteiger charge is -2.16. The van der Waals surface area contributed by atoms with Crippen molar-refractivity contribution in [3.8, 4) is 6.07 Å². The van der Waals surface area contributed by atoms with Crippen molar-refractivity contribution in [2.75, 3.05) is 17.2 Å². The van der Waals surface area contributed by atoms with E-state index in [2.05, 4.69) is 20.6 Å². The standard InChI is InChI=1S/C18H19N5O2/c19-10-12-4-6-14(7-5-12)23-18(25)16-17(21-9-8-20-16)22-11-13-2-1-3-15(13)24/h4-9,13,15,24H,1-3,11H2,(H,21,22)(H,23,25)/t13-,15-/m0/s1. The third-order valence-electron chi connectivity index (χ3n) is 4.34. The van der Waals surface area contributed by atoms with Crippen LogP contribution in [0.15, 0.2) is 36.7 Å². The molecule has 3 N–H and O–H groups in total. The van der Waals surface area contributed by atoms with Crippen LogP contribution in [-0.4, -0.2) is 33.6 Å². The summed E-state index contributed by atoms with van der Waals surface area (Å²) in [7, 11) is 0. The SMILES string of the molecule is N#Cc1ccc(NC(=O)c2nccnc2NC[C@@H]2CCC[C@@H]2O)cc1. The molecule has 0 bridgehead atoms. The Morgan fingerprint density at radius 2 is 2.00 bits per heavy atom. The first-order valence-electron chi connectivity index (χ1n) is 8.22. The molecule has 0 radical (unpaired) electrons. The fourth-order valence-corrected chi connectivity index (χ4v) is 2.94. The highest BCUT2D eigenvalue weighted by Crippen LogP contribution is 2.26. The summed E-state index contributed by atoms with van der Waals surface area (Å²) in [5, 5.41) is 24.6. The van der Waals surface area contributed by atoms with E-state index in [-0.39, 0.29) is 23.6 Å². The first-order valence-corrected chi connectivity index (χ1v) is 8.22. The lowest BCUT2D eigenvalue weighted by molar-refractivity contribution is 0.102. The number of carbonyl (C=O) groups is 1. The van der Waals surface area contributed by atoms with Crippen LogP contribution in [0, 0.1) is 17.2 Å². The predicted octanol–water partition coefficient (Wildman–Crippen LogP) is 2.17. The summed E-state index contributed by atoms with van der Waals surface area (Å²) < 4.78 is 0. The molecular formula is C18H19N5O2. The number of hydrogen-bond donors (Lipinski definition) is 3. The summed E-state index contributed by atoms with van der Waals surface area (Å²) >= 11 is 0. The van der Waals surface area contributed by atoms with Crippen LogP contribution in [-0.2, 0) is 0 Å². The summed E-state index contributed by atoms with van der Waals surface area (Å²) in [5.41, 5.74) is 1.29. The first-order chi connectivity index (χ1) is 12.2. The fraction of sp³-hybridized carbons (Fsp3) is 0.333. The Morgan fingerprint density at radius 1 is 1.24 bits per heavy atom. The van der Waals surface area contributed by atoms with Gasteiger partial charge in [-0.15, -0.1) is 0 Å². The number of benzene rings is 1. The van der Waals surface area contributed by atoms with Gasteiger partial charge < -0.3 is 15.7 Å². The van der Waals surface area contributed by atoms with E-state index in [1.165, 1.54) is 12.4 Å². The van der Waals surface area contributed by atoms with Crippen LogP contribution in [0.2, 0.25) is 0 Å². The zero-order valence-electron chi connectivity index (χ0n) is 13.6. The second-order valence-corrected chi connectivity index (χ2v) is 6.04. The maximum absolute atomic E-state index is 12.5. The molecule has 2 aromatic rings. The van der Waals surface area contributed by atoms with E-state index in [0.717, 1.165) is 19.3 Å². The van der Waals surface area contributed by atoms with Gasteiger partial charge in [-0.1, -0.05) is 6.42 Å². The largest absolute Gasteiger partial charge is 0.393 e. The minimum absolute atomic E-state index is 0.163. The van der Waals surface area contributed by atoms with Crippen molar-refractivity contribution in [1.82, 2.24) is 9.97 Å². The van der Waals surface area contributed by atoms with Gasteiger partial charge in [0.2, 0.25) is 0 Å². The minimum atomic E-state index is -0.382. The molecule has 1 aliphatic carbocycles. The number of aromatic nitrogens is 2. The molecule has 1 amide bonds. The Bertz CT molecular complexity index is 785. The van der Waals surface area contributed by atoms with E-state index in [0.29, 0.717) is 23.6 Å². The van der Waals surface area contributed by atoms with Crippen molar-refractivity contribution in [3.05, 3.63) is 47.9 Å². The van der Waals surface area contributed by atoms with Gasteiger partial charge in [0.15, 0.2) is 11.5 Å². The highest BCUT2D eigenvalue weighted by molar-refractivity contribution is 6.05. The Kier molecular flexibility index (Phi) is 5.21. The van der Waals surface area contributed by atoms with Gasteiger partial charge >= 0.3 is 0 Å². The quantitative estimate of drug-likeness (QED) is 0.771. The monoisotopic (exact) mass is 337 g/mol. The molecule has 1 aromatic carbocycles. The van der Waals surface area contributed by atoms with E-state index in [4.69, 9.17) is 5.26 Å². The maximum Gasteiger partial charge on any atom is 0.278 e. The number of aliphatic hydroxyl groups excluding tert-OH is 1. The molecule has 1 aliphatic rings. The zero-order chi connectivity index (χ0) is 17.6. The van der Waals surface area contributed by atoms with Crippen LogP contribution in [0.5, 0.6) is 0 Å². The van der Waals surface area contributed by atoms with Crippen molar-refractivity contribution >= 4 is 17.4 Å². The van der Waals surface area contributed by atoms with Gasteiger partial charge in [0, 0.05) is 30.5 Å². The second kappa shape index (κ2) is 7.73. The lowest BCUT2D eigenvalue weighted by atomic mass is 10.1. The molecule has 3 rings (SSSR count). The van der Waals surface area contributed by atoms with Crippen molar-refractivity contribution in [2.45, 2.75) is 25.4 Å². The molecule has 1 fully saturated rings. The lowest BCUT2D eigenvalue weighted by Crippen LogP contribution is -2.24. The van der Waals surface area contributed by atoms with Gasteiger partial charge in [0.05, 0.1) is 17.7 Å². The molecule has 128 valence electrons. The average molecular weight is 337 g/mol. The smallest absolute Gasteiger partial charge is 0.278 e. The van der Waals surface area contributed by atoms with Crippen molar-refractivity contribution in [3.63, 3.8) is 0 Å². The number of aliphatic hydroxyl groups is 1. The molecule has 0 aliphatic heterocycles. The van der Waals surface area contributed by atoms with Crippen molar-refractivity contribution < 1.29 is 9.90 Å². The minimum Gasteiger partial charge on any atom is -0.393 e. The third kappa shape index (κ3) is 4.11. The molecule has 0 unspecified atom stereocenters. The molecule has 7 heteroatoms. The van der Waals surface area contributed by atoms with E-state index < -0.39 is 0 Å². The topological polar surface area (TPSA) is 111 Å². The zero-order valence-corrected chi connectivity index (χ0v) is 13.6. The molecule has 0 saturated heterocycles. The maximum atomic E-state index is 12.5. The van der Waals surface area contributed by atoms with Gasteiger partial charge in [-0.3, -0.25) is 4.79 Å². The second-order valence-electron chi connectivity index (χ2n) is 6.04. The fourth-order valence-electron chi connectivity index (χ4n) is 2.94. The normalized spacial score (nSPS) is 19.2. The number of rotatable bonds is 5. The van der Waals surface area contributed by atoms with Crippen molar-refractivity contribution in [1.29, 1.82) is 5.26 Å². The first kappa shape index (κ1) is 16.9. The van der Waals surface area contributed by atoms with E-state index in [9.17, 15) is 9.90 Å². The summed E-state index contributed by atoms with van der Waals surface area (Å²) in [4.78, 5) is 20.8.